The van der Waals surface area contributed by atoms with Gasteiger partial charge in [-0.3, -0.25) is 0 Å². The van der Waals surface area contributed by atoms with Crippen molar-refractivity contribution in [2.45, 2.75) is 11.4 Å². The third-order valence-corrected chi connectivity index (χ3v) is 4.86. The highest BCUT2D eigenvalue weighted by Crippen LogP contribution is 2.23. The monoisotopic (exact) mass is 310 g/mol. The van der Waals surface area contributed by atoms with E-state index >= 15 is 0 Å². The van der Waals surface area contributed by atoms with E-state index in [1.807, 2.05) is 0 Å². The lowest BCUT2D eigenvalue weighted by Gasteiger charge is -2.18. The van der Waals surface area contributed by atoms with Gasteiger partial charge in [0, 0.05) is 19.2 Å². The molecule has 3 N–H and O–H groups in total. The summed E-state index contributed by atoms with van der Waals surface area (Å²) < 4.78 is 39.1. The first-order valence-corrected chi connectivity index (χ1v) is 7.54. The van der Waals surface area contributed by atoms with Crippen molar-refractivity contribution in [2.75, 3.05) is 12.8 Å². The molecule has 7 heteroatoms. The summed E-state index contributed by atoms with van der Waals surface area (Å²) in [4.78, 5) is -0.188. The molecular formula is C14H15FN2O3S. The molecule has 2 rings (SSSR count). The van der Waals surface area contributed by atoms with Crippen molar-refractivity contribution in [3.63, 3.8) is 0 Å². The van der Waals surface area contributed by atoms with Crippen LogP contribution in [0.15, 0.2) is 47.4 Å². The molecule has 0 aliphatic rings. The average molecular weight is 310 g/mol. The number of benzene rings is 2. The molecule has 0 aliphatic heterocycles. The fourth-order valence-electron chi connectivity index (χ4n) is 1.82. The molecule has 0 saturated heterocycles. The molecule has 0 heterocycles. The number of nitrogens with zero attached hydrogens (tertiary/aromatic N) is 1. The molecule has 5 nitrogen and oxygen atoms in total. The normalized spacial score (nSPS) is 11.8. The van der Waals surface area contributed by atoms with Crippen LogP contribution in [-0.2, 0) is 16.6 Å². The molecule has 0 spiro atoms. The van der Waals surface area contributed by atoms with Gasteiger partial charge in [0.25, 0.3) is 0 Å². The highest BCUT2D eigenvalue weighted by Gasteiger charge is 2.22. The minimum Gasteiger partial charge on any atom is -0.508 e. The van der Waals surface area contributed by atoms with Gasteiger partial charge in [0.15, 0.2) is 0 Å². The summed E-state index contributed by atoms with van der Waals surface area (Å²) in [6, 6.07) is 9.75. The van der Waals surface area contributed by atoms with Gasteiger partial charge in [-0.25, -0.2) is 12.8 Å². The van der Waals surface area contributed by atoms with Crippen LogP contribution >= 0.6 is 0 Å². The maximum Gasteiger partial charge on any atom is 0.243 e. The summed E-state index contributed by atoms with van der Waals surface area (Å²) in [5.41, 5.74) is 5.68. The maximum absolute atomic E-state index is 13.4. The van der Waals surface area contributed by atoms with Crippen LogP contribution in [0.4, 0.5) is 10.1 Å². The zero-order valence-corrected chi connectivity index (χ0v) is 12.1. The van der Waals surface area contributed by atoms with E-state index in [2.05, 4.69) is 0 Å². The van der Waals surface area contributed by atoms with Gasteiger partial charge in [0.05, 0.1) is 10.6 Å². The van der Waals surface area contributed by atoms with Gasteiger partial charge >= 0.3 is 0 Å². The summed E-state index contributed by atoms with van der Waals surface area (Å²) in [5, 5.41) is 9.68. The van der Waals surface area contributed by atoms with E-state index in [-0.39, 0.29) is 22.9 Å². The van der Waals surface area contributed by atoms with Crippen LogP contribution in [0.2, 0.25) is 0 Å². The van der Waals surface area contributed by atoms with E-state index in [1.54, 1.807) is 18.2 Å². The number of nitrogens with two attached hydrogens (primary N) is 1. The summed E-state index contributed by atoms with van der Waals surface area (Å²) in [6.07, 6.45) is 0. The molecule has 0 unspecified atom stereocenters. The first kappa shape index (κ1) is 15.3. The molecule has 0 saturated carbocycles. The van der Waals surface area contributed by atoms with Crippen molar-refractivity contribution in [1.29, 1.82) is 0 Å². The first-order chi connectivity index (χ1) is 9.82. The van der Waals surface area contributed by atoms with Crippen molar-refractivity contribution in [3.05, 3.63) is 53.8 Å². The summed E-state index contributed by atoms with van der Waals surface area (Å²) in [7, 11) is -2.51. The van der Waals surface area contributed by atoms with Gasteiger partial charge in [-0.05, 0) is 24.3 Å². The summed E-state index contributed by atoms with van der Waals surface area (Å²) in [5.74, 6) is -0.782. The minimum atomic E-state index is -3.87. The molecule has 112 valence electrons. The fraction of sp³-hybridized carbons (Fsp3) is 0.143. The number of rotatable bonds is 4. The Morgan fingerprint density at radius 2 is 1.90 bits per heavy atom. The van der Waals surface area contributed by atoms with E-state index in [0.29, 0.717) is 5.56 Å². The van der Waals surface area contributed by atoms with E-state index in [4.69, 9.17) is 5.73 Å². The van der Waals surface area contributed by atoms with Crippen LogP contribution in [0.25, 0.3) is 0 Å². The minimum absolute atomic E-state index is 0.00281. The molecule has 0 atom stereocenters. The van der Waals surface area contributed by atoms with Crippen LogP contribution in [0.3, 0.4) is 0 Å². The van der Waals surface area contributed by atoms with E-state index < -0.39 is 15.8 Å². The van der Waals surface area contributed by atoms with Gasteiger partial charge in [0.1, 0.15) is 11.6 Å². The molecular weight excluding hydrogens is 295 g/mol. The van der Waals surface area contributed by atoms with E-state index in [0.717, 1.165) is 10.4 Å². The number of aromatic hydroxyl groups is 1. The Bertz CT molecular complexity index is 763. The molecule has 0 bridgehead atoms. The van der Waals surface area contributed by atoms with Crippen LogP contribution in [0.1, 0.15) is 5.56 Å². The predicted molar refractivity (Wildman–Crippen MR) is 77.6 cm³/mol. The molecule has 21 heavy (non-hydrogen) atoms. The third kappa shape index (κ3) is 3.14. The van der Waals surface area contributed by atoms with Crippen molar-refractivity contribution < 1.29 is 17.9 Å². The summed E-state index contributed by atoms with van der Waals surface area (Å²) >= 11 is 0. The molecule has 2 aromatic carbocycles. The smallest absolute Gasteiger partial charge is 0.243 e. The Kier molecular flexibility index (Phi) is 4.15. The lowest BCUT2D eigenvalue weighted by molar-refractivity contribution is 0.435. The number of para-hydroxylation sites is 1. The highest BCUT2D eigenvalue weighted by molar-refractivity contribution is 7.89. The second kappa shape index (κ2) is 5.71. The van der Waals surface area contributed by atoms with Crippen molar-refractivity contribution >= 4 is 15.7 Å². The van der Waals surface area contributed by atoms with Crippen LogP contribution < -0.4 is 5.73 Å². The molecule has 0 amide bonds. The second-order valence-corrected chi connectivity index (χ2v) is 6.62. The second-order valence-electron chi connectivity index (χ2n) is 4.57. The van der Waals surface area contributed by atoms with Crippen LogP contribution in [0.5, 0.6) is 5.75 Å². The van der Waals surface area contributed by atoms with Crippen molar-refractivity contribution in [3.8, 4) is 5.75 Å². The topological polar surface area (TPSA) is 83.6 Å². The number of nitrogen functional groups attached to an aromatic ring is 1. The van der Waals surface area contributed by atoms with Crippen LogP contribution in [0, 0.1) is 5.82 Å². The first-order valence-electron chi connectivity index (χ1n) is 6.10. The Balaban J connectivity index is 2.30. The Morgan fingerprint density at radius 1 is 1.24 bits per heavy atom. The summed E-state index contributed by atoms with van der Waals surface area (Å²) in [6.45, 7) is -0.0268. The van der Waals surface area contributed by atoms with Gasteiger partial charge in [-0.15, -0.1) is 0 Å². The van der Waals surface area contributed by atoms with Gasteiger partial charge < -0.3 is 10.8 Å². The number of hydrogen-bond acceptors (Lipinski definition) is 4. The molecule has 2 aromatic rings. The lowest BCUT2D eigenvalue weighted by Crippen LogP contribution is -2.26. The van der Waals surface area contributed by atoms with Gasteiger partial charge in [0.2, 0.25) is 10.0 Å². The molecule has 0 aromatic heterocycles. The number of phenols is 1. The quantitative estimate of drug-likeness (QED) is 0.845. The standard InChI is InChI=1S/C14H15FN2O3S/c1-17(9-10-4-2-3-5-14(10)18)21(19,20)11-6-7-13(16)12(15)8-11/h2-8,18H,9,16H2,1H3. The van der Waals surface area contributed by atoms with Crippen molar-refractivity contribution in [1.82, 2.24) is 4.31 Å². The predicted octanol–water partition coefficient (Wildman–Crippen LogP) is 1.93. The number of phenolic OH excluding ortho intramolecular Hbond substituents is 1. The SMILES string of the molecule is CN(Cc1ccccc1O)S(=O)(=O)c1ccc(N)c(F)c1. The highest BCUT2D eigenvalue weighted by atomic mass is 32.2. The maximum atomic E-state index is 13.4. The number of hydrogen-bond donors (Lipinski definition) is 2. The molecule has 0 radical (unpaired) electrons. The lowest BCUT2D eigenvalue weighted by atomic mass is 10.2. The van der Waals surface area contributed by atoms with E-state index in [1.165, 1.54) is 25.2 Å². The Morgan fingerprint density at radius 3 is 2.52 bits per heavy atom. The Hall–Kier alpha value is -2.12. The van der Waals surface area contributed by atoms with Crippen LogP contribution in [-0.4, -0.2) is 24.9 Å². The Labute approximate surface area is 122 Å². The zero-order chi connectivity index (χ0) is 15.6. The van der Waals surface area contributed by atoms with E-state index in [9.17, 15) is 17.9 Å². The number of halogens is 1. The van der Waals surface area contributed by atoms with Gasteiger partial charge in [-0.1, -0.05) is 18.2 Å². The fourth-order valence-corrected chi connectivity index (χ4v) is 2.98. The largest absolute Gasteiger partial charge is 0.508 e. The average Bonchev–Trinajstić information content (AvgIpc) is 2.44. The number of anilines is 1. The molecule has 0 fully saturated rings. The third-order valence-electron chi connectivity index (χ3n) is 3.06. The van der Waals surface area contributed by atoms with Gasteiger partial charge in [-0.2, -0.15) is 4.31 Å². The van der Waals surface area contributed by atoms with Crippen molar-refractivity contribution in [2.24, 2.45) is 0 Å². The zero-order valence-electron chi connectivity index (χ0n) is 11.3. The number of sulfonamides is 1. The molecule has 0 aliphatic carbocycles.